The monoisotopic (exact) mass is 200 g/mol. The van der Waals surface area contributed by atoms with Crippen molar-refractivity contribution in [1.82, 2.24) is 4.98 Å². The van der Waals surface area contributed by atoms with E-state index in [1.165, 1.54) is 12.1 Å². The minimum atomic E-state index is -0.497. The van der Waals surface area contributed by atoms with E-state index >= 15 is 0 Å². The van der Waals surface area contributed by atoms with Crippen LogP contribution in [0, 0.1) is 12.0 Å². The van der Waals surface area contributed by atoms with Crippen LogP contribution in [0.15, 0.2) is 12.1 Å². The first kappa shape index (κ1) is 8.98. The first-order valence-corrected chi connectivity index (χ1v) is 2.09. The van der Waals surface area contributed by atoms with Gasteiger partial charge in [-0.25, -0.2) is 4.39 Å². The van der Waals surface area contributed by atoms with Crippen molar-refractivity contribution in [1.29, 1.82) is 0 Å². The summed E-state index contributed by atoms with van der Waals surface area (Å²) < 4.78 is 12.1. The van der Waals surface area contributed by atoms with Gasteiger partial charge in [0.2, 0.25) is 0 Å². The molecule has 0 saturated heterocycles. The SMILES string of the molecule is Nc1n[c-]ccc1F.[Y]. The molecule has 9 heavy (non-hydrogen) atoms. The van der Waals surface area contributed by atoms with Crippen LogP contribution in [0.5, 0.6) is 0 Å². The van der Waals surface area contributed by atoms with E-state index in [4.69, 9.17) is 5.73 Å². The van der Waals surface area contributed by atoms with E-state index in [0.717, 1.165) is 0 Å². The molecule has 0 aliphatic rings. The molecule has 4 heteroatoms. The van der Waals surface area contributed by atoms with Crippen molar-refractivity contribution >= 4 is 5.82 Å². The number of nitrogens with two attached hydrogens (primary N) is 1. The van der Waals surface area contributed by atoms with Crippen LogP contribution in [0.4, 0.5) is 10.2 Å². The van der Waals surface area contributed by atoms with Crippen LogP contribution in [0.1, 0.15) is 0 Å². The maximum Gasteiger partial charge on any atom is 0.0557 e. The largest absolute Gasteiger partial charge is 0.433 e. The summed E-state index contributed by atoms with van der Waals surface area (Å²) in [6.07, 6.45) is 2.39. The third-order valence-corrected chi connectivity index (χ3v) is 0.734. The second-order valence-corrected chi connectivity index (χ2v) is 1.31. The molecule has 1 rings (SSSR count). The van der Waals surface area contributed by atoms with Gasteiger partial charge in [-0.05, 0) is 0 Å². The zero-order chi connectivity index (χ0) is 5.98. The van der Waals surface area contributed by atoms with Gasteiger partial charge in [0.05, 0.1) is 5.82 Å². The second kappa shape index (κ2) is 3.91. The molecule has 0 spiro atoms. The van der Waals surface area contributed by atoms with Crippen LogP contribution in [-0.4, -0.2) is 4.98 Å². The third kappa shape index (κ3) is 2.37. The quantitative estimate of drug-likeness (QED) is 0.622. The van der Waals surface area contributed by atoms with Gasteiger partial charge in [0, 0.05) is 38.5 Å². The molecule has 0 aliphatic carbocycles. The van der Waals surface area contributed by atoms with E-state index in [2.05, 4.69) is 11.2 Å². The number of nitrogen functional groups attached to an aromatic ring is 1. The number of halogens is 1. The van der Waals surface area contributed by atoms with Gasteiger partial charge in [-0.3, -0.25) is 0 Å². The number of pyridine rings is 1. The van der Waals surface area contributed by atoms with Crippen molar-refractivity contribution in [3.63, 3.8) is 0 Å². The molecule has 2 N–H and O–H groups in total. The summed E-state index contributed by atoms with van der Waals surface area (Å²) in [6, 6.07) is 2.58. The number of aromatic nitrogens is 1. The maximum atomic E-state index is 12.1. The summed E-state index contributed by atoms with van der Waals surface area (Å²) in [6.45, 7) is 0. The molecule has 0 fully saturated rings. The van der Waals surface area contributed by atoms with Crippen LogP contribution >= 0.6 is 0 Å². The van der Waals surface area contributed by atoms with Gasteiger partial charge >= 0.3 is 0 Å². The standard InChI is InChI=1S/C5H4FN2.Y/c6-4-2-1-3-8-5(4)7;/h1-2H,(H2,7,8);/q-1;. The number of rotatable bonds is 0. The molecule has 0 amide bonds. The third-order valence-electron chi connectivity index (χ3n) is 0.734. The molecule has 1 aromatic rings. The molecule has 2 nitrogen and oxygen atoms in total. The molecule has 0 aromatic carbocycles. The first-order chi connectivity index (χ1) is 3.80. The minimum absolute atomic E-state index is 0. The predicted octanol–water partition coefficient (Wildman–Crippen LogP) is 0.601. The normalized spacial score (nSPS) is 8.11. The van der Waals surface area contributed by atoms with Crippen molar-refractivity contribution in [2.75, 3.05) is 5.73 Å². The zero-order valence-corrected chi connectivity index (χ0v) is 7.47. The number of hydrogen-bond acceptors (Lipinski definition) is 2. The van der Waals surface area contributed by atoms with Gasteiger partial charge in [0.25, 0.3) is 0 Å². The Bertz CT molecular complexity index is 171. The van der Waals surface area contributed by atoms with E-state index in [1.54, 1.807) is 0 Å². The molecule has 45 valence electrons. The Morgan fingerprint density at radius 2 is 2.33 bits per heavy atom. The number of anilines is 1. The molecule has 1 heterocycles. The van der Waals surface area contributed by atoms with E-state index in [9.17, 15) is 4.39 Å². The fraction of sp³-hybridized carbons (Fsp3) is 0. The van der Waals surface area contributed by atoms with Crippen molar-refractivity contribution < 1.29 is 37.1 Å². The Kier molecular flexibility index (Phi) is 3.90. The first-order valence-electron chi connectivity index (χ1n) is 2.09. The summed E-state index contributed by atoms with van der Waals surface area (Å²) in [5, 5.41) is 0. The second-order valence-electron chi connectivity index (χ2n) is 1.31. The summed E-state index contributed by atoms with van der Waals surface area (Å²) in [5.41, 5.74) is 5.00. The maximum absolute atomic E-state index is 12.1. The van der Waals surface area contributed by atoms with Crippen molar-refractivity contribution in [3.05, 3.63) is 24.1 Å². The van der Waals surface area contributed by atoms with Gasteiger partial charge in [0.1, 0.15) is 0 Å². The van der Waals surface area contributed by atoms with Crippen LogP contribution < -0.4 is 5.73 Å². The van der Waals surface area contributed by atoms with E-state index in [1.807, 2.05) is 0 Å². The summed E-state index contributed by atoms with van der Waals surface area (Å²) in [7, 11) is 0. The summed E-state index contributed by atoms with van der Waals surface area (Å²) in [5.74, 6) is -0.601. The van der Waals surface area contributed by atoms with Gasteiger partial charge in [-0.2, -0.15) is 6.07 Å². The molecular weight excluding hydrogens is 196 g/mol. The van der Waals surface area contributed by atoms with Crippen LogP contribution in [-0.2, 0) is 32.7 Å². The van der Waals surface area contributed by atoms with Crippen molar-refractivity contribution in [2.24, 2.45) is 0 Å². The number of nitrogens with zero attached hydrogens (tertiary/aromatic N) is 1. The smallest absolute Gasteiger partial charge is 0.0557 e. The molecule has 0 aliphatic heterocycles. The number of hydrogen-bond donors (Lipinski definition) is 1. The van der Waals surface area contributed by atoms with Crippen LogP contribution in [0.25, 0.3) is 0 Å². The fourth-order valence-corrected chi connectivity index (χ4v) is 0.356. The van der Waals surface area contributed by atoms with Gasteiger partial charge in [0.15, 0.2) is 0 Å². The Morgan fingerprint density at radius 3 is 2.67 bits per heavy atom. The van der Waals surface area contributed by atoms with Crippen LogP contribution in [0.2, 0.25) is 0 Å². The van der Waals surface area contributed by atoms with Gasteiger partial charge < -0.3 is 10.7 Å². The Labute approximate surface area is 77.5 Å². The van der Waals surface area contributed by atoms with Crippen molar-refractivity contribution in [2.45, 2.75) is 0 Å². The van der Waals surface area contributed by atoms with Gasteiger partial charge in [-0.15, -0.1) is 6.07 Å². The molecule has 0 atom stereocenters. The summed E-state index contributed by atoms with van der Waals surface area (Å²) in [4.78, 5) is 3.36. The molecular formula is C5H4FN2Y-. The molecule has 0 saturated carbocycles. The van der Waals surface area contributed by atoms with Gasteiger partial charge in [-0.1, -0.05) is 6.20 Å². The van der Waals surface area contributed by atoms with E-state index in [0.29, 0.717) is 0 Å². The minimum Gasteiger partial charge on any atom is -0.433 e. The molecule has 0 unspecified atom stereocenters. The Hall–Kier alpha value is -0.0161. The Morgan fingerprint density at radius 1 is 1.67 bits per heavy atom. The van der Waals surface area contributed by atoms with E-state index < -0.39 is 5.82 Å². The molecule has 1 radical (unpaired) electrons. The average molecular weight is 200 g/mol. The zero-order valence-electron chi connectivity index (χ0n) is 4.63. The Balaban J connectivity index is 0.000000640. The fourth-order valence-electron chi connectivity index (χ4n) is 0.356. The van der Waals surface area contributed by atoms with E-state index in [-0.39, 0.29) is 38.5 Å². The van der Waals surface area contributed by atoms with Crippen LogP contribution in [0.3, 0.4) is 0 Å². The topological polar surface area (TPSA) is 38.9 Å². The molecule has 0 bridgehead atoms. The predicted molar refractivity (Wildman–Crippen MR) is 27.4 cm³/mol. The molecule has 1 aromatic heterocycles. The summed E-state index contributed by atoms with van der Waals surface area (Å²) >= 11 is 0. The average Bonchev–Trinajstić information content (AvgIpc) is 1.77. The van der Waals surface area contributed by atoms with Crippen molar-refractivity contribution in [3.8, 4) is 0 Å².